The number of ether oxygens (including phenoxy) is 5. The second-order valence-corrected chi connectivity index (χ2v) is 28.2. The SMILES string of the molecule is C[C@@H](C(=O)N[C@H]1CCO[C@H]2CC[C@@H](C(=O)Nc3cccc4ccccc34)N2C1=O)N(C)C(=O)OC(C)(C)C.C[C@@H](C(=O)N[C@H]1CCO[C@H]2CC[C@H](C(=O)Nc3cccc4ccccc34)N2C1=O)N(C)C(=O)OC(C)(C)C.N[C@H]1CCO[C@H]2CCC(C(=O)Nc3cccc4ccccc34)N2C1=O. The minimum absolute atomic E-state index is 0.190. The first kappa shape index (κ1) is 73.9. The Kier molecular flexibility index (Phi) is 23.3. The third-order valence-electron chi connectivity index (χ3n) is 18.8. The Hall–Kier alpha value is -9.76. The maximum atomic E-state index is 13.6. The van der Waals surface area contributed by atoms with Gasteiger partial charge in [0, 0.05) is 60.2 Å². The number of anilines is 3. The minimum Gasteiger partial charge on any atom is -0.444 e. The summed E-state index contributed by atoms with van der Waals surface area (Å²) in [6.45, 7) is 14.6. The van der Waals surface area contributed by atoms with E-state index in [1.54, 1.807) is 55.4 Å². The van der Waals surface area contributed by atoms with Crippen LogP contribution in [0.25, 0.3) is 32.3 Å². The highest BCUT2D eigenvalue weighted by molar-refractivity contribution is 6.08. The molecular formula is C75H93N11O15. The number of fused-ring (bicyclic) bond motifs is 6. The molecule has 6 heterocycles. The van der Waals surface area contributed by atoms with Gasteiger partial charge in [0.05, 0.1) is 25.9 Å². The fourth-order valence-electron chi connectivity index (χ4n) is 13.2. The quantitative estimate of drug-likeness (QED) is 0.0670. The van der Waals surface area contributed by atoms with Gasteiger partial charge in [0.15, 0.2) is 0 Å². The maximum Gasteiger partial charge on any atom is 0.410 e. The van der Waals surface area contributed by atoms with Crippen molar-refractivity contribution in [3.8, 4) is 0 Å². The number of likely N-dealkylation sites (N-methyl/N-ethyl adjacent to an activating group) is 2. The molecule has 26 nitrogen and oxygen atoms in total. The summed E-state index contributed by atoms with van der Waals surface area (Å²) in [6, 6.07) is 34.4. The van der Waals surface area contributed by atoms with Gasteiger partial charge in [-0.05, 0) is 135 Å². The zero-order valence-electron chi connectivity index (χ0n) is 58.9. The molecule has 6 aromatic carbocycles. The Morgan fingerprint density at radius 2 is 0.733 bits per heavy atom. The van der Waals surface area contributed by atoms with E-state index < -0.39 is 96.0 Å². The van der Waals surface area contributed by atoms with Gasteiger partial charge in [-0.1, -0.05) is 109 Å². The summed E-state index contributed by atoms with van der Waals surface area (Å²) in [7, 11) is 2.95. The highest BCUT2D eigenvalue weighted by Crippen LogP contribution is 2.35. The molecule has 11 atom stereocenters. The highest BCUT2D eigenvalue weighted by atomic mass is 16.6. The number of rotatable bonds is 12. The fourth-order valence-corrected chi connectivity index (χ4v) is 13.2. The molecule has 26 heteroatoms. The van der Waals surface area contributed by atoms with E-state index in [4.69, 9.17) is 29.4 Å². The third kappa shape index (κ3) is 17.5. The average Bonchev–Trinajstić information content (AvgIpc) is 1.70. The third-order valence-corrected chi connectivity index (χ3v) is 18.8. The van der Waals surface area contributed by atoms with Crippen molar-refractivity contribution < 1.29 is 71.6 Å². The largest absolute Gasteiger partial charge is 0.444 e. The predicted octanol–water partition coefficient (Wildman–Crippen LogP) is 8.35. The van der Waals surface area contributed by atoms with Crippen LogP contribution in [-0.4, -0.2) is 196 Å². The van der Waals surface area contributed by atoms with E-state index in [0.717, 1.165) is 38.0 Å². The molecule has 0 aliphatic carbocycles. The van der Waals surface area contributed by atoms with Gasteiger partial charge in [0.1, 0.15) is 72.2 Å². The molecule has 6 aromatic rings. The van der Waals surface area contributed by atoms with Gasteiger partial charge in [-0.3, -0.25) is 48.2 Å². The van der Waals surface area contributed by atoms with Crippen molar-refractivity contribution in [1.82, 2.24) is 35.1 Å². The topological polar surface area (TPSA) is 319 Å². The van der Waals surface area contributed by atoms with Crippen molar-refractivity contribution in [2.75, 3.05) is 49.9 Å². The van der Waals surface area contributed by atoms with Gasteiger partial charge in [-0.15, -0.1) is 0 Å². The van der Waals surface area contributed by atoms with Crippen molar-refractivity contribution in [3.05, 3.63) is 127 Å². The molecule has 6 aliphatic heterocycles. The van der Waals surface area contributed by atoms with E-state index >= 15 is 0 Å². The average molecular weight is 1390 g/mol. The summed E-state index contributed by atoms with van der Waals surface area (Å²) < 4.78 is 28.2. The number of hydrogen-bond donors (Lipinski definition) is 6. The molecule has 6 fully saturated rings. The summed E-state index contributed by atoms with van der Waals surface area (Å²) in [5.41, 5.74) is 6.60. The van der Waals surface area contributed by atoms with Crippen molar-refractivity contribution >= 4 is 109 Å². The van der Waals surface area contributed by atoms with Crippen LogP contribution in [0.1, 0.15) is 113 Å². The standard InChI is InChI=1S/2C28H36N4O6.C19H21N3O3/c2*1-17(31(5)27(36)38-28(2,3)4)24(33)30-21-15-16-37-23-14-13-22(32(23)26(21)35)25(34)29-20-12-8-10-18-9-6-7-11-19(18)20;20-14-10-11-25-17-9-8-16(22(17)19(14)24)18(23)21-15-7-3-5-12-4-1-2-6-13(12)15/h2*6-12,17,21-23H,13-16H2,1-5H3,(H,29,34)(H,30,33);1-7,14,16-17H,8-11,20H2,(H,21,23)/t17-,21-,22+,23-;17-,21-,22-,23-;14-,16?,17-/m000/s1. The van der Waals surface area contributed by atoms with Crippen LogP contribution in [0.4, 0.5) is 26.7 Å². The number of nitrogens with one attached hydrogen (secondary N) is 5. The van der Waals surface area contributed by atoms with Crippen LogP contribution >= 0.6 is 0 Å². The van der Waals surface area contributed by atoms with Crippen molar-refractivity contribution in [3.63, 3.8) is 0 Å². The van der Waals surface area contributed by atoms with Gasteiger partial charge >= 0.3 is 12.2 Å². The van der Waals surface area contributed by atoms with Gasteiger partial charge in [0.2, 0.25) is 47.3 Å². The number of nitrogens with zero attached hydrogens (tertiary/aromatic N) is 5. The lowest BCUT2D eigenvalue weighted by molar-refractivity contribution is -0.147. The number of amides is 10. The molecule has 6 saturated heterocycles. The van der Waals surface area contributed by atoms with E-state index in [0.29, 0.717) is 62.9 Å². The van der Waals surface area contributed by atoms with Crippen LogP contribution in [-0.2, 0) is 62.0 Å². The van der Waals surface area contributed by atoms with Crippen LogP contribution in [0.5, 0.6) is 0 Å². The first-order valence-corrected chi connectivity index (χ1v) is 34.5. The number of carbonyl (C=O) groups is 10. The lowest BCUT2D eigenvalue weighted by atomic mass is 10.1. The lowest BCUT2D eigenvalue weighted by Crippen LogP contribution is -2.56. The Morgan fingerprint density at radius 1 is 0.436 bits per heavy atom. The molecule has 101 heavy (non-hydrogen) atoms. The molecule has 0 saturated carbocycles. The zero-order chi connectivity index (χ0) is 72.6. The summed E-state index contributed by atoms with van der Waals surface area (Å²) in [5.74, 6) is -2.72. The van der Waals surface area contributed by atoms with E-state index in [-0.39, 0.29) is 67.7 Å². The molecule has 7 N–H and O–H groups in total. The van der Waals surface area contributed by atoms with Crippen LogP contribution in [0, 0.1) is 0 Å². The first-order valence-electron chi connectivity index (χ1n) is 34.5. The Morgan fingerprint density at radius 3 is 1.06 bits per heavy atom. The Balaban J connectivity index is 0.000000167. The van der Waals surface area contributed by atoms with E-state index in [9.17, 15) is 47.9 Å². The van der Waals surface area contributed by atoms with Crippen LogP contribution in [0.15, 0.2) is 127 Å². The molecule has 0 radical (unpaired) electrons. The number of carbonyl (C=O) groups excluding carboxylic acids is 10. The summed E-state index contributed by atoms with van der Waals surface area (Å²) in [6.07, 6.45) is 1.52. The van der Waals surface area contributed by atoms with E-state index in [1.165, 1.54) is 38.6 Å². The van der Waals surface area contributed by atoms with E-state index in [1.807, 2.05) is 127 Å². The van der Waals surface area contributed by atoms with Crippen molar-refractivity contribution in [2.45, 2.75) is 191 Å². The predicted molar refractivity (Wildman–Crippen MR) is 379 cm³/mol. The number of benzene rings is 6. The van der Waals surface area contributed by atoms with Gasteiger partial charge in [-0.25, -0.2) is 9.59 Å². The minimum atomic E-state index is -0.882. The monoisotopic (exact) mass is 1390 g/mol. The number of hydrogen-bond acceptors (Lipinski definition) is 16. The molecule has 0 spiro atoms. The van der Waals surface area contributed by atoms with Gasteiger partial charge < -0.3 is 70.7 Å². The smallest absolute Gasteiger partial charge is 0.410 e. The summed E-state index contributed by atoms with van der Waals surface area (Å²) >= 11 is 0. The Labute approximate surface area is 587 Å². The van der Waals surface area contributed by atoms with E-state index in [2.05, 4.69) is 26.6 Å². The normalized spacial score (nSPS) is 23.3. The second-order valence-electron chi connectivity index (χ2n) is 28.2. The lowest BCUT2D eigenvalue weighted by Gasteiger charge is -2.31. The van der Waals surface area contributed by atoms with Crippen molar-refractivity contribution in [2.24, 2.45) is 5.73 Å². The van der Waals surface area contributed by atoms with Gasteiger partial charge in [0.25, 0.3) is 0 Å². The zero-order valence-corrected chi connectivity index (χ0v) is 58.9. The molecular weight excluding hydrogens is 1290 g/mol. The summed E-state index contributed by atoms with van der Waals surface area (Å²) in [5, 5.41) is 20.3. The molecule has 1 unspecified atom stereocenters. The molecule has 10 amide bonds. The molecule has 0 aromatic heterocycles. The maximum absolute atomic E-state index is 13.6. The highest BCUT2D eigenvalue weighted by Gasteiger charge is 2.49. The van der Waals surface area contributed by atoms with Gasteiger partial charge in [-0.2, -0.15) is 0 Å². The molecule has 538 valence electrons. The van der Waals surface area contributed by atoms with Crippen LogP contribution in [0.2, 0.25) is 0 Å². The van der Waals surface area contributed by atoms with Crippen LogP contribution in [0.3, 0.4) is 0 Å². The number of nitrogens with two attached hydrogens (primary N) is 1. The Bertz CT molecular complexity index is 3880. The molecule has 0 bridgehead atoms. The fraction of sp³-hybridized carbons (Fsp3) is 0.467. The summed E-state index contributed by atoms with van der Waals surface area (Å²) in [4.78, 5) is 137. The molecule has 12 rings (SSSR count). The van der Waals surface area contributed by atoms with Crippen molar-refractivity contribution in [1.29, 1.82) is 0 Å². The molecule has 6 aliphatic rings. The second kappa shape index (κ2) is 31.8. The van der Waals surface area contributed by atoms with Crippen LogP contribution < -0.4 is 32.3 Å². The first-order chi connectivity index (χ1) is 48.1.